The molecule has 4 rings (SSSR count). The second-order valence-electron chi connectivity index (χ2n) is 6.50. The molecule has 0 bridgehead atoms. The van der Waals surface area contributed by atoms with Gasteiger partial charge in [0.25, 0.3) is 0 Å². The van der Waals surface area contributed by atoms with Gasteiger partial charge in [-0.25, -0.2) is 4.98 Å². The molecule has 0 aliphatic carbocycles. The van der Waals surface area contributed by atoms with E-state index in [1.807, 2.05) is 11.6 Å². The molecule has 0 aliphatic rings. The molecule has 0 saturated carbocycles. The molecule has 1 aromatic carbocycles. The van der Waals surface area contributed by atoms with Crippen molar-refractivity contribution in [2.24, 2.45) is 0 Å². The summed E-state index contributed by atoms with van der Waals surface area (Å²) in [7, 11) is 1.75. The number of nitrogens with one attached hydrogen (secondary N) is 1. The molecule has 0 saturated heterocycles. The second-order valence-corrected chi connectivity index (χ2v) is 8.20. The van der Waals surface area contributed by atoms with Gasteiger partial charge in [-0.2, -0.15) is 11.3 Å². The predicted octanol–water partition coefficient (Wildman–Crippen LogP) is 4.88. The topological polar surface area (TPSA) is 39.1 Å². The number of thiazole rings is 1. The van der Waals surface area contributed by atoms with Gasteiger partial charge in [0, 0.05) is 48.9 Å². The van der Waals surface area contributed by atoms with E-state index in [0.29, 0.717) is 6.61 Å². The van der Waals surface area contributed by atoms with Crippen molar-refractivity contribution in [1.82, 2.24) is 14.9 Å². The van der Waals surface area contributed by atoms with Gasteiger partial charge in [-0.05, 0) is 40.4 Å². The van der Waals surface area contributed by atoms with Gasteiger partial charge in [0.15, 0.2) is 0 Å². The van der Waals surface area contributed by atoms with Crippen LogP contribution in [0.3, 0.4) is 0 Å². The Bertz CT molecular complexity index is 961. The summed E-state index contributed by atoms with van der Waals surface area (Å²) in [6.45, 7) is 2.39. The smallest absolute Gasteiger partial charge is 0.110 e. The normalized spacial score (nSPS) is 12.6. The number of ether oxygens (including phenoxy) is 1. The SMILES string of the molecule is COCCn1cc(CN[C@@H](Cc2ccsc2)c2nccs2)c2ccccc21. The van der Waals surface area contributed by atoms with Crippen LogP contribution in [0.25, 0.3) is 10.9 Å². The van der Waals surface area contributed by atoms with Crippen LogP contribution < -0.4 is 5.32 Å². The van der Waals surface area contributed by atoms with Crippen molar-refractivity contribution in [3.63, 3.8) is 0 Å². The minimum absolute atomic E-state index is 0.223. The maximum Gasteiger partial charge on any atom is 0.110 e. The Morgan fingerprint density at radius 3 is 2.93 bits per heavy atom. The van der Waals surface area contributed by atoms with E-state index in [9.17, 15) is 0 Å². The molecule has 0 spiro atoms. The largest absolute Gasteiger partial charge is 0.383 e. The first-order valence-electron chi connectivity index (χ1n) is 9.04. The number of fused-ring (bicyclic) bond motifs is 1. The lowest BCUT2D eigenvalue weighted by Gasteiger charge is -2.16. The van der Waals surface area contributed by atoms with E-state index < -0.39 is 0 Å². The third-order valence-electron chi connectivity index (χ3n) is 4.72. The molecule has 4 nitrogen and oxygen atoms in total. The van der Waals surface area contributed by atoms with Gasteiger partial charge in [-0.3, -0.25) is 0 Å². The van der Waals surface area contributed by atoms with Crippen LogP contribution in [0.2, 0.25) is 0 Å². The van der Waals surface area contributed by atoms with E-state index >= 15 is 0 Å². The van der Waals surface area contributed by atoms with Crippen LogP contribution >= 0.6 is 22.7 Å². The van der Waals surface area contributed by atoms with E-state index in [1.165, 1.54) is 22.0 Å². The van der Waals surface area contributed by atoms with Crippen LogP contribution in [0, 0.1) is 0 Å². The molecule has 0 aliphatic heterocycles. The van der Waals surface area contributed by atoms with Crippen molar-refractivity contribution in [2.75, 3.05) is 13.7 Å². The summed E-state index contributed by atoms with van der Waals surface area (Å²) in [5.41, 5.74) is 3.93. The highest BCUT2D eigenvalue weighted by Crippen LogP contribution is 2.25. The zero-order chi connectivity index (χ0) is 18.5. The minimum Gasteiger partial charge on any atom is -0.383 e. The van der Waals surface area contributed by atoms with E-state index in [4.69, 9.17) is 4.74 Å². The summed E-state index contributed by atoms with van der Waals surface area (Å²) in [6, 6.07) is 11.0. The first kappa shape index (κ1) is 18.4. The first-order chi connectivity index (χ1) is 13.3. The van der Waals surface area contributed by atoms with Gasteiger partial charge in [0.1, 0.15) is 5.01 Å². The summed E-state index contributed by atoms with van der Waals surface area (Å²) >= 11 is 3.46. The highest BCUT2D eigenvalue weighted by Gasteiger charge is 2.16. The maximum absolute atomic E-state index is 5.27. The fourth-order valence-corrected chi connectivity index (χ4v) is 4.76. The molecule has 1 N–H and O–H groups in total. The molecular weight excluding hydrogens is 374 g/mol. The molecule has 3 aromatic heterocycles. The minimum atomic E-state index is 0.223. The lowest BCUT2D eigenvalue weighted by atomic mass is 10.1. The second kappa shape index (κ2) is 8.80. The van der Waals surface area contributed by atoms with Gasteiger partial charge >= 0.3 is 0 Å². The van der Waals surface area contributed by atoms with Crippen molar-refractivity contribution >= 4 is 33.6 Å². The van der Waals surface area contributed by atoms with Crippen molar-refractivity contribution in [3.05, 3.63) is 75.0 Å². The van der Waals surface area contributed by atoms with Crippen molar-refractivity contribution in [1.29, 1.82) is 0 Å². The van der Waals surface area contributed by atoms with Gasteiger partial charge in [-0.15, -0.1) is 11.3 Å². The summed E-state index contributed by atoms with van der Waals surface area (Å²) in [5, 5.41) is 12.6. The molecule has 140 valence electrons. The van der Waals surface area contributed by atoms with Crippen molar-refractivity contribution in [3.8, 4) is 0 Å². The molecule has 1 atom stereocenters. The summed E-state index contributed by atoms with van der Waals surface area (Å²) in [5.74, 6) is 0. The zero-order valence-corrected chi connectivity index (χ0v) is 16.9. The van der Waals surface area contributed by atoms with Crippen LogP contribution in [0.5, 0.6) is 0 Å². The standard InChI is InChI=1S/C21H23N3OS2/c1-25-9-8-24-14-17(18-4-2-3-5-20(18)24)13-23-19(21-22-7-11-27-21)12-16-6-10-26-15-16/h2-7,10-11,14-15,19,23H,8-9,12-13H2,1H3/t19-/m0/s1. The number of thiophene rings is 1. The number of methoxy groups -OCH3 is 1. The average Bonchev–Trinajstić information content (AvgIpc) is 3.45. The van der Waals surface area contributed by atoms with E-state index in [2.05, 4.69) is 62.2 Å². The van der Waals surface area contributed by atoms with Crippen LogP contribution in [0.15, 0.2) is 58.9 Å². The molecular formula is C21H23N3OS2. The molecule has 0 fully saturated rings. The molecule has 0 unspecified atom stereocenters. The fourth-order valence-electron chi connectivity index (χ4n) is 3.37. The van der Waals surface area contributed by atoms with E-state index in [1.54, 1.807) is 29.8 Å². The quantitative estimate of drug-likeness (QED) is 0.437. The van der Waals surface area contributed by atoms with Gasteiger partial charge in [0.05, 0.1) is 12.6 Å². The molecule has 6 heteroatoms. The number of nitrogens with zero attached hydrogens (tertiary/aromatic N) is 2. The number of para-hydroxylation sites is 1. The Morgan fingerprint density at radius 1 is 1.22 bits per heavy atom. The number of aromatic nitrogens is 2. The highest BCUT2D eigenvalue weighted by molar-refractivity contribution is 7.09. The van der Waals surface area contributed by atoms with E-state index in [0.717, 1.165) is 24.5 Å². The molecule has 4 aromatic rings. The Balaban J connectivity index is 1.55. The summed E-state index contributed by atoms with van der Waals surface area (Å²) in [4.78, 5) is 4.56. The zero-order valence-electron chi connectivity index (χ0n) is 15.3. The molecule has 0 radical (unpaired) electrons. The fraction of sp³-hybridized carbons (Fsp3) is 0.286. The lowest BCUT2D eigenvalue weighted by Crippen LogP contribution is -2.22. The van der Waals surface area contributed by atoms with Crippen LogP contribution in [0.4, 0.5) is 0 Å². The van der Waals surface area contributed by atoms with Crippen LogP contribution in [0.1, 0.15) is 22.2 Å². The van der Waals surface area contributed by atoms with Gasteiger partial charge < -0.3 is 14.6 Å². The van der Waals surface area contributed by atoms with E-state index in [-0.39, 0.29) is 6.04 Å². The summed E-state index contributed by atoms with van der Waals surface area (Å²) < 4.78 is 7.55. The monoisotopic (exact) mass is 397 g/mol. The highest BCUT2D eigenvalue weighted by atomic mass is 32.1. The number of rotatable bonds is 9. The number of benzene rings is 1. The Morgan fingerprint density at radius 2 is 2.15 bits per heavy atom. The van der Waals surface area contributed by atoms with Gasteiger partial charge in [0.2, 0.25) is 0 Å². The Kier molecular flexibility index (Phi) is 5.99. The van der Waals surface area contributed by atoms with Crippen LogP contribution in [-0.2, 0) is 24.2 Å². The first-order valence-corrected chi connectivity index (χ1v) is 10.9. The molecule has 3 heterocycles. The average molecular weight is 398 g/mol. The predicted molar refractivity (Wildman–Crippen MR) is 114 cm³/mol. The molecule has 27 heavy (non-hydrogen) atoms. The number of hydrogen-bond donors (Lipinski definition) is 1. The summed E-state index contributed by atoms with van der Waals surface area (Å²) in [6.07, 6.45) is 5.10. The Labute approximate surface area is 167 Å². The third kappa shape index (κ3) is 4.30. The maximum atomic E-state index is 5.27. The van der Waals surface area contributed by atoms with Crippen LogP contribution in [-0.4, -0.2) is 23.3 Å². The molecule has 0 amide bonds. The van der Waals surface area contributed by atoms with Gasteiger partial charge in [-0.1, -0.05) is 18.2 Å². The Hall–Kier alpha value is -1.99. The lowest BCUT2D eigenvalue weighted by molar-refractivity contribution is 0.188. The van der Waals surface area contributed by atoms with Crippen molar-refractivity contribution < 1.29 is 4.74 Å². The van der Waals surface area contributed by atoms with Crippen molar-refractivity contribution in [2.45, 2.75) is 25.6 Å². The number of hydrogen-bond acceptors (Lipinski definition) is 5. The third-order valence-corrected chi connectivity index (χ3v) is 6.34.